The molecular formula is C16H17BrN2O2. The van der Waals surface area contributed by atoms with E-state index in [1.807, 2.05) is 32.0 Å². The van der Waals surface area contributed by atoms with Crippen LogP contribution in [-0.4, -0.2) is 17.5 Å². The van der Waals surface area contributed by atoms with Crippen LogP contribution in [0.1, 0.15) is 29.3 Å². The lowest BCUT2D eigenvalue weighted by molar-refractivity contribution is 0.102. The van der Waals surface area contributed by atoms with Crippen molar-refractivity contribution in [2.24, 2.45) is 0 Å². The summed E-state index contributed by atoms with van der Waals surface area (Å²) in [5.41, 5.74) is 2.19. The second-order valence-electron chi connectivity index (χ2n) is 4.66. The molecule has 1 amide bonds. The fourth-order valence-corrected chi connectivity index (χ4v) is 1.99. The normalized spacial score (nSPS) is 10.2. The zero-order chi connectivity index (χ0) is 15.2. The predicted molar refractivity (Wildman–Crippen MR) is 86.9 cm³/mol. The molecule has 0 aliphatic heterocycles. The first-order valence-electron chi connectivity index (χ1n) is 6.76. The van der Waals surface area contributed by atoms with Crippen LogP contribution in [0.25, 0.3) is 0 Å². The van der Waals surface area contributed by atoms with Gasteiger partial charge in [0, 0.05) is 5.56 Å². The molecule has 1 aromatic heterocycles. The van der Waals surface area contributed by atoms with Crippen LogP contribution >= 0.6 is 15.9 Å². The molecule has 0 saturated carbocycles. The van der Waals surface area contributed by atoms with Crippen molar-refractivity contribution in [1.29, 1.82) is 0 Å². The van der Waals surface area contributed by atoms with Crippen LogP contribution in [-0.2, 0) is 0 Å². The Morgan fingerprint density at radius 3 is 2.90 bits per heavy atom. The monoisotopic (exact) mass is 348 g/mol. The molecule has 1 N–H and O–H groups in total. The standard InChI is InChI=1S/C16H17BrN2O2/c1-3-7-21-14-6-4-5-12(9-14)16(20)19-13-8-11(2)15(17)18-10-13/h4-6,8-10H,3,7H2,1-2H3,(H,19,20). The summed E-state index contributed by atoms with van der Waals surface area (Å²) < 4.78 is 6.31. The van der Waals surface area contributed by atoms with Gasteiger partial charge in [0.15, 0.2) is 0 Å². The minimum atomic E-state index is -0.180. The van der Waals surface area contributed by atoms with E-state index in [0.29, 0.717) is 23.6 Å². The number of nitrogens with one attached hydrogen (secondary N) is 1. The van der Waals surface area contributed by atoms with Gasteiger partial charge in [-0.2, -0.15) is 0 Å². The van der Waals surface area contributed by atoms with Gasteiger partial charge in [-0.25, -0.2) is 4.98 Å². The van der Waals surface area contributed by atoms with Crippen LogP contribution in [0.4, 0.5) is 5.69 Å². The zero-order valence-electron chi connectivity index (χ0n) is 12.0. The highest BCUT2D eigenvalue weighted by Gasteiger charge is 2.08. The maximum Gasteiger partial charge on any atom is 0.255 e. The van der Waals surface area contributed by atoms with E-state index >= 15 is 0 Å². The lowest BCUT2D eigenvalue weighted by Crippen LogP contribution is -2.12. The molecule has 0 saturated heterocycles. The maximum absolute atomic E-state index is 12.2. The number of carbonyl (C=O) groups excluding carboxylic acids is 1. The highest BCUT2D eigenvalue weighted by molar-refractivity contribution is 9.10. The Balaban J connectivity index is 2.10. The van der Waals surface area contributed by atoms with Crippen molar-refractivity contribution in [3.05, 3.63) is 52.3 Å². The number of ether oxygens (including phenoxy) is 1. The van der Waals surface area contributed by atoms with E-state index in [4.69, 9.17) is 4.74 Å². The minimum Gasteiger partial charge on any atom is -0.494 e. The van der Waals surface area contributed by atoms with Gasteiger partial charge in [-0.3, -0.25) is 4.79 Å². The van der Waals surface area contributed by atoms with E-state index in [1.165, 1.54) is 0 Å². The number of halogens is 1. The van der Waals surface area contributed by atoms with Crippen molar-refractivity contribution in [2.75, 3.05) is 11.9 Å². The van der Waals surface area contributed by atoms with Crippen molar-refractivity contribution >= 4 is 27.5 Å². The smallest absolute Gasteiger partial charge is 0.255 e. The number of hydrogen-bond donors (Lipinski definition) is 1. The van der Waals surface area contributed by atoms with Gasteiger partial charge in [0.1, 0.15) is 10.4 Å². The molecule has 2 aromatic rings. The number of pyridine rings is 1. The van der Waals surface area contributed by atoms with Gasteiger partial charge in [0.2, 0.25) is 0 Å². The summed E-state index contributed by atoms with van der Waals surface area (Å²) in [5.74, 6) is 0.523. The molecule has 1 heterocycles. The van der Waals surface area contributed by atoms with Crippen molar-refractivity contribution in [3.8, 4) is 5.75 Å². The first kappa shape index (κ1) is 15.5. The molecule has 0 spiro atoms. The van der Waals surface area contributed by atoms with Crippen LogP contribution in [0.3, 0.4) is 0 Å². The number of amides is 1. The van der Waals surface area contributed by atoms with Gasteiger partial charge in [-0.05, 0) is 59.1 Å². The number of nitrogens with zero attached hydrogens (tertiary/aromatic N) is 1. The molecule has 0 bridgehead atoms. The summed E-state index contributed by atoms with van der Waals surface area (Å²) >= 11 is 3.33. The number of rotatable bonds is 5. The largest absolute Gasteiger partial charge is 0.494 e. The van der Waals surface area contributed by atoms with Crippen molar-refractivity contribution in [2.45, 2.75) is 20.3 Å². The molecule has 110 valence electrons. The fraction of sp³-hybridized carbons (Fsp3) is 0.250. The number of carbonyl (C=O) groups is 1. The number of hydrogen-bond acceptors (Lipinski definition) is 3. The Morgan fingerprint density at radius 1 is 1.38 bits per heavy atom. The summed E-state index contributed by atoms with van der Waals surface area (Å²) in [6.07, 6.45) is 2.55. The highest BCUT2D eigenvalue weighted by atomic mass is 79.9. The third kappa shape index (κ3) is 4.29. The average molecular weight is 349 g/mol. The fourth-order valence-electron chi connectivity index (χ4n) is 1.78. The number of benzene rings is 1. The van der Waals surface area contributed by atoms with E-state index in [-0.39, 0.29) is 5.91 Å². The Morgan fingerprint density at radius 2 is 2.19 bits per heavy atom. The van der Waals surface area contributed by atoms with E-state index in [2.05, 4.69) is 26.2 Å². The first-order chi connectivity index (χ1) is 10.1. The maximum atomic E-state index is 12.2. The van der Waals surface area contributed by atoms with Gasteiger partial charge in [0.25, 0.3) is 5.91 Å². The van der Waals surface area contributed by atoms with Crippen LogP contribution in [0, 0.1) is 6.92 Å². The van der Waals surface area contributed by atoms with Crippen molar-refractivity contribution in [1.82, 2.24) is 4.98 Å². The molecule has 21 heavy (non-hydrogen) atoms. The summed E-state index contributed by atoms with van der Waals surface area (Å²) in [5, 5.41) is 2.83. The predicted octanol–water partition coefficient (Wildman–Crippen LogP) is 4.19. The van der Waals surface area contributed by atoms with Crippen molar-refractivity contribution in [3.63, 3.8) is 0 Å². The lowest BCUT2D eigenvalue weighted by Gasteiger charge is -2.08. The molecule has 1 aromatic carbocycles. The highest BCUT2D eigenvalue weighted by Crippen LogP contribution is 2.19. The summed E-state index contributed by atoms with van der Waals surface area (Å²) in [4.78, 5) is 16.4. The minimum absolute atomic E-state index is 0.180. The number of aryl methyl sites for hydroxylation is 1. The molecule has 0 fully saturated rings. The SMILES string of the molecule is CCCOc1cccc(C(=O)Nc2cnc(Br)c(C)c2)c1. The molecule has 0 aliphatic carbocycles. The van der Waals surface area contributed by atoms with E-state index < -0.39 is 0 Å². The van der Waals surface area contributed by atoms with Gasteiger partial charge in [-0.1, -0.05) is 13.0 Å². The topological polar surface area (TPSA) is 51.2 Å². The van der Waals surface area contributed by atoms with E-state index in [0.717, 1.165) is 16.6 Å². The first-order valence-corrected chi connectivity index (χ1v) is 7.56. The number of aromatic nitrogens is 1. The Bertz CT molecular complexity index is 644. The lowest BCUT2D eigenvalue weighted by atomic mass is 10.2. The quantitative estimate of drug-likeness (QED) is 0.824. The summed E-state index contributed by atoms with van der Waals surface area (Å²) in [7, 11) is 0. The molecule has 0 radical (unpaired) electrons. The van der Waals surface area contributed by atoms with Crippen LogP contribution in [0.15, 0.2) is 41.1 Å². The van der Waals surface area contributed by atoms with Gasteiger partial charge < -0.3 is 10.1 Å². The third-order valence-corrected chi connectivity index (χ3v) is 3.67. The molecular weight excluding hydrogens is 332 g/mol. The zero-order valence-corrected chi connectivity index (χ0v) is 13.6. The molecule has 0 aliphatic rings. The van der Waals surface area contributed by atoms with Gasteiger partial charge >= 0.3 is 0 Å². The number of anilines is 1. The van der Waals surface area contributed by atoms with Crippen LogP contribution in [0.2, 0.25) is 0 Å². The molecule has 2 rings (SSSR count). The van der Waals surface area contributed by atoms with Gasteiger partial charge in [0.05, 0.1) is 18.5 Å². The Hall–Kier alpha value is -1.88. The van der Waals surface area contributed by atoms with E-state index in [1.54, 1.807) is 18.3 Å². The summed E-state index contributed by atoms with van der Waals surface area (Å²) in [6.45, 7) is 4.60. The van der Waals surface area contributed by atoms with Crippen molar-refractivity contribution < 1.29 is 9.53 Å². The summed E-state index contributed by atoms with van der Waals surface area (Å²) in [6, 6.07) is 9.02. The third-order valence-electron chi connectivity index (χ3n) is 2.84. The Labute approximate surface area is 132 Å². The average Bonchev–Trinajstić information content (AvgIpc) is 2.49. The van der Waals surface area contributed by atoms with E-state index in [9.17, 15) is 4.79 Å². The van der Waals surface area contributed by atoms with Crippen LogP contribution in [0.5, 0.6) is 5.75 Å². The molecule has 0 atom stereocenters. The molecule has 0 unspecified atom stereocenters. The van der Waals surface area contributed by atoms with Gasteiger partial charge in [-0.15, -0.1) is 0 Å². The second kappa shape index (κ2) is 7.22. The van der Waals surface area contributed by atoms with Crippen LogP contribution < -0.4 is 10.1 Å². The Kier molecular flexibility index (Phi) is 5.33. The molecule has 4 nitrogen and oxygen atoms in total. The molecule has 5 heteroatoms. The second-order valence-corrected chi connectivity index (χ2v) is 5.41.